The van der Waals surface area contributed by atoms with Crippen LogP contribution in [0, 0.1) is 0 Å². The smallest absolute Gasteiger partial charge is 0.320 e. The van der Waals surface area contributed by atoms with E-state index in [4.69, 9.17) is 5.11 Å². The van der Waals surface area contributed by atoms with Gasteiger partial charge in [-0.15, -0.1) is 0 Å². The molecule has 0 radical (unpaired) electrons. The molecule has 2 aromatic carbocycles. The zero-order valence-corrected chi connectivity index (χ0v) is 14.5. The fourth-order valence-corrected chi connectivity index (χ4v) is 3.16. The minimum Gasteiger partial charge on any atom is -0.480 e. The van der Waals surface area contributed by atoms with Crippen LogP contribution in [0.25, 0.3) is 0 Å². The van der Waals surface area contributed by atoms with Crippen molar-refractivity contribution in [1.82, 2.24) is 4.90 Å². The lowest BCUT2D eigenvalue weighted by Crippen LogP contribution is -2.43. The SMILES string of the molecule is CC(C(=O)O)N(C)CC(=O)N1c2ccccc2CCc2ccccc21. The maximum Gasteiger partial charge on any atom is 0.320 e. The Morgan fingerprint density at radius 3 is 2.00 bits per heavy atom. The highest BCUT2D eigenvalue weighted by Crippen LogP contribution is 2.36. The van der Waals surface area contributed by atoms with Gasteiger partial charge in [-0.3, -0.25) is 19.4 Å². The number of benzene rings is 2. The minimum atomic E-state index is -0.938. The second-order valence-corrected chi connectivity index (χ2v) is 6.42. The van der Waals surface area contributed by atoms with Crippen LogP contribution in [0.4, 0.5) is 11.4 Å². The molecule has 1 atom stereocenters. The van der Waals surface area contributed by atoms with Gasteiger partial charge < -0.3 is 5.11 Å². The summed E-state index contributed by atoms with van der Waals surface area (Å²) in [5.74, 6) is -1.07. The molecular formula is C20H22N2O3. The van der Waals surface area contributed by atoms with Gasteiger partial charge in [0.1, 0.15) is 6.04 Å². The highest BCUT2D eigenvalue weighted by atomic mass is 16.4. The Morgan fingerprint density at radius 2 is 1.52 bits per heavy atom. The maximum absolute atomic E-state index is 13.1. The van der Waals surface area contributed by atoms with Crippen LogP contribution in [0.5, 0.6) is 0 Å². The number of rotatable bonds is 4. The lowest BCUT2D eigenvalue weighted by atomic mass is 10.0. The van der Waals surface area contributed by atoms with E-state index in [1.807, 2.05) is 48.5 Å². The highest BCUT2D eigenvalue weighted by molar-refractivity contribution is 6.03. The average molecular weight is 338 g/mol. The molecule has 1 amide bonds. The molecule has 5 nitrogen and oxygen atoms in total. The molecule has 0 saturated heterocycles. The van der Waals surface area contributed by atoms with Crippen LogP contribution >= 0.6 is 0 Å². The number of anilines is 2. The number of nitrogens with zero attached hydrogens (tertiary/aromatic N) is 2. The predicted molar refractivity (Wildman–Crippen MR) is 97.2 cm³/mol. The molecule has 0 fully saturated rings. The van der Waals surface area contributed by atoms with Crippen molar-refractivity contribution >= 4 is 23.3 Å². The normalized spacial score (nSPS) is 14.4. The zero-order valence-electron chi connectivity index (χ0n) is 14.5. The van der Waals surface area contributed by atoms with Crippen molar-refractivity contribution in [2.24, 2.45) is 0 Å². The van der Waals surface area contributed by atoms with Crippen LogP contribution in [0.15, 0.2) is 48.5 Å². The molecule has 1 unspecified atom stereocenters. The Hall–Kier alpha value is -2.66. The molecule has 25 heavy (non-hydrogen) atoms. The molecule has 0 aliphatic carbocycles. The van der Waals surface area contributed by atoms with Gasteiger partial charge in [-0.25, -0.2) is 0 Å². The molecular weight excluding hydrogens is 316 g/mol. The fraction of sp³-hybridized carbons (Fsp3) is 0.300. The number of carbonyl (C=O) groups is 2. The molecule has 2 aromatic rings. The first-order valence-corrected chi connectivity index (χ1v) is 8.41. The number of likely N-dealkylation sites (N-methyl/N-ethyl adjacent to an activating group) is 1. The van der Waals surface area contributed by atoms with Crippen molar-refractivity contribution in [1.29, 1.82) is 0 Å². The van der Waals surface area contributed by atoms with E-state index in [1.54, 1.807) is 23.8 Å². The summed E-state index contributed by atoms with van der Waals surface area (Å²) < 4.78 is 0. The van der Waals surface area contributed by atoms with E-state index in [2.05, 4.69) is 0 Å². The van der Waals surface area contributed by atoms with E-state index in [1.165, 1.54) is 0 Å². The first-order valence-electron chi connectivity index (χ1n) is 8.41. The third-order valence-corrected chi connectivity index (χ3v) is 4.78. The quantitative estimate of drug-likeness (QED) is 0.931. The van der Waals surface area contributed by atoms with Crippen molar-refractivity contribution < 1.29 is 14.7 Å². The molecule has 1 N–H and O–H groups in total. The lowest BCUT2D eigenvalue weighted by molar-refractivity contribution is -0.142. The molecule has 1 heterocycles. The molecule has 0 spiro atoms. The predicted octanol–water partition coefficient (Wildman–Crippen LogP) is 2.85. The summed E-state index contributed by atoms with van der Waals surface area (Å²) in [5.41, 5.74) is 4.02. The van der Waals surface area contributed by atoms with Gasteiger partial charge in [-0.1, -0.05) is 36.4 Å². The zero-order chi connectivity index (χ0) is 18.0. The number of carbonyl (C=O) groups excluding carboxylic acids is 1. The Labute approximate surface area is 147 Å². The van der Waals surface area contributed by atoms with Crippen LogP contribution in [-0.4, -0.2) is 41.5 Å². The number of para-hydroxylation sites is 2. The van der Waals surface area contributed by atoms with Gasteiger partial charge in [0.2, 0.25) is 5.91 Å². The average Bonchev–Trinajstić information content (AvgIpc) is 2.77. The highest BCUT2D eigenvalue weighted by Gasteiger charge is 2.28. The van der Waals surface area contributed by atoms with Crippen molar-refractivity contribution in [3.8, 4) is 0 Å². The van der Waals surface area contributed by atoms with E-state index in [0.717, 1.165) is 35.3 Å². The Bertz CT molecular complexity index is 756. The summed E-state index contributed by atoms with van der Waals surface area (Å²) >= 11 is 0. The van der Waals surface area contributed by atoms with Gasteiger partial charge in [0.15, 0.2) is 0 Å². The third kappa shape index (κ3) is 3.42. The molecule has 1 aliphatic heterocycles. The summed E-state index contributed by atoms with van der Waals surface area (Å²) in [5, 5.41) is 9.17. The van der Waals surface area contributed by atoms with E-state index in [0.29, 0.717) is 0 Å². The summed E-state index contributed by atoms with van der Waals surface area (Å²) in [7, 11) is 1.66. The standard InChI is InChI=1S/C20H22N2O3/c1-14(20(24)25)21(2)13-19(23)22-17-9-5-3-7-15(17)11-12-16-8-4-6-10-18(16)22/h3-10,14H,11-13H2,1-2H3,(H,24,25). The van der Waals surface area contributed by atoms with E-state index in [-0.39, 0.29) is 12.5 Å². The van der Waals surface area contributed by atoms with Crippen LogP contribution < -0.4 is 4.90 Å². The third-order valence-electron chi connectivity index (χ3n) is 4.78. The van der Waals surface area contributed by atoms with E-state index in [9.17, 15) is 9.59 Å². The number of aliphatic carboxylic acids is 1. The second-order valence-electron chi connectivity index (χ2n) is 6.42. The number of aryl methyl sites for hydroxylation is 2. The minimum absolute atomic E-state index is 0.0378. The number of carboxylic acids is 1. The maximum atomic E-state index is 13.1. The largest absolute Gasteiger partial charge is 0.480 e. The molecule has 3 rings (SSSR count). The number of carboxylic acid groups (broad SMARTS) is 1. The number of amides is 1. The van der Waals surface area contributed by atoms with Crippen LogP contribution in [-0.2, 0) is 22.4 Å². The van der Waals surface area contributed by atoms with Crippen molar-refractivity contribution in [2.45, 2.75) is 25.8 Å². The first-order chi connectivity index (χ1) is 12.0. The Morgan fingerprint density at radius 1 is 1.04 bits per heavy atom. The molecule has 1 aliphatic rings. The van der Waals surface area contributed by atoms with Gasteiger partial charge in [0.25, 0.3) is 0 Å². The van der Waals surface area contributed by atoms with Gasteiger partial charge in [-0.05, 0) is 50.1 Å². The summed E-state index contributed by atoms with van der Waals surface area (Å²) in [6, 6.07) is 15.1. The molecule has 130 valence electrons. The van der Waals surface area contributed by atoms with Gasteiger partial charge in [0, 0.05) is 0 Å². The van der Waals surface area contributed by atoms with Crippen molar-refractivity contribution in [2.75, 3.05) is 18.5 Å². The van der Waals surface area contributed by atoms with Crippen molar-refractivity contribution in [3.63, 3.8) is 0 Å². The topological polar surface area (TPSA) is 60.9 Å². The molecule has 0 aromatic heterocycles. The van der Waals surface area contributed by atoms with Gasteiger partial charge >= 0.3 is 5.97 Å². The Balaban J connectivity index is 1.99. The first kappa shape index (κ1) is 17.2. The lowest BCUT2D eigenvalue weighted by Gasteiger charge is -2.28. The Kier molecular flexibility index (Phi) is 4.86. The van der Waals surface area contributed by atoms with Gasteiger partial charge in [-0.2, -0.15) is 0 Å². The summed E-state index contributed by atoms with van der Waals surface area (Å²) in [4.78, 5) is 27.6. The number of hydrogen-bond acceptors (Lipinski definition) is 3. The van der Waals surface area contributed by atoms with Crippen LogP contribution in [0.1, 0.15) is 18.1 Å². The van der Waals surface area contributed by atoms with Gasteiger partial charge in [0.05, 0.1) is 17.9 Å². The van der Waals surface area contributed by atoms with E-state index < -0.39 is 12.0 Å². The molecule has 0 saturated carbocycles. The van der Waals surface area contributed by atoms with Crippen LogP contribution in [0.2, 0.25) is 0 Å². The van der Waals surface area contributed by atoms with Crippen molar-refractivity contribution in [3.05, 3.63) is 59.7 Å². The number of fused-ring (bicyclic) bond motifs is 2. The fourth-order valence-electron chi connectivity index (χ4n) is 3.16. The molecule has 0 bridgehead atoms. The van der Waals surface area contributed by atoms with Crippen LogP contribution in [0.3, 0.4) is 0 Å². The molecule has 5 heteroatoms. The monoisotopic (exact) mass is 338 g/mol. The summed E-state index contributed by atoms with van der Waals surface area (Å²) in [6.07, 6.45) is 1.75. The summed E-state index contributed by atoms with van der Waals surface area (Å²) in [6.45, 7) is 1.62. The number of hydrogen-bond donors (Lipinski definition) is 1. The van der Waals surface area contributed by atoms with E-state index >= 15 is 0 Å². The second kappa shape index (κ2) is 7.07.